The molecule has 3 nitrogen and oxygen atoms in total. The minimum Gasteiger partial charge on any atom is -0.387 e. The van der Waals surface area contributed by atoms with Gasteiger partial charge < -0.3 is 10.4 Å². The van der Waals surface area contributed by atoms with Crippen molar-refractivity contribution in [1.82, 2.24) is 5.32 Å². The van der Waals surface area contributed by atoms with Gasteiger partial charge in [0.25, 0.3) is 0 Å². The summed E-state index contributed by atoms with van der Waals surface area (Å²) in [5.41, 5.74) is 1.76. The Labute approximate surface area is 82.8 Å². The van der Waals surface area contributed by atoms with Crippen LogP contribution >= 0.6 is 0 Å². The number of hydrogen-bond donors (Lipinski definition) is 2. The first kappa shape index (κ1) is 10.3. The first-order chi connectivity index (χ1) is 6.76. The van der Waals surface area contributed by atoms with E-state index < -0.39 is 6.61 Å². The highest BCUT2D eigenvalue weighted by molar-refractivity contribution is 5.76. The number of carbonyl (C=O) groups excluding carboxylic acids is 1. The van der Waals surface area contributed by atoms with E-state index in [2.05, 4.69) is 11.2 Å². The zero-order valence-corrected chi connectivity index (χ0v) is 7.66. The standard InChI is InChI=1S/C11H11NO2/c1-2-9-3-5-10(6-4-9)7-12-11(14)8-13/h1,3-6,13H,7-8H2,(H,12,14). The Morgan fingerprint density at radius 1 is 1.43 bits per heavy atom. The SMILES string of the molecule is C#Cc1ccc(CNC(=O)CO)cc1. The van der Waals surface area contributed by atoms with Crippen LogP contribution in [0.5, 0.6) is 0 Å². The van der Waals surface area contributed by atoms with Crippen LogP contribution in [-0.2, 0) is 11.3 Å². The lowest BCUT2D eigenvalue weighted by molar-refractivity contribution is -0.123. The number of terminal acetylenes is 1. The molecule has 0 saturated heterocycles. The van der Waals surface area contributed by atoms with E-state index in [1.807, 2.05) is 12.1 Å². The maximum atomic E-state index is 10.7. The predicted octanol–water partition coefficient (Wildman–Crippen LogP) is 0.276. The molecule has 1 amide bonds. The fourth-order valence-electron chi connectivity index (χ4n) is 0.975. The van der Waals surface area contributed by atoms with Crippen LogP contribution in [0, 0.1) is 12.3 Å². The van der Waals surface area contributed by atoms with Crippen LogP contribution in [0.1, 0.15) is 11.1 Å². The van der Waals surface area contributed by atoms with Gasteiger partial charge in [-0.2, -0.15) is 0 Å². The van der Waals surface area contributed by atoms with Gasteiger partial charge in [-0.05, 0) is 17.7 Å². The molecule has 0 saturated carbocycles. The van der Waals surface area contributed by atoms with Crippen LogP contribution in [0.2, 0.25) is 0 Å². The molecule has 14 heavy (non-hydrogen) atoms. The highest BCUT2D eigenvalue weighted by Gasteiger charge is 1.97. The Kier molecular flexibility index (Phi) is 3.71. The van der Waals surface area contributed by atoms with Gasteiger partial charge in [0.15, 0.2) is 0 Å². The van der Waals surface area contributed by atoms with Crippen LogP contribution in [-0.4, -0.2) is 17.6 Å². The maximum absolute atomic E-state index is 10.7. The summed E-state index contributed by atoms with van der Waals surface area (Å²) in [6.07, 6.45) is 5.19. The molecule has 1 rings (SSSR count). The summed E-state index contributed by atoms with van der Waals surface area (Å²) in [4.78, 5) is 10.7. The number of amides is 1. The van der Waals surface area contributed by atoms with Gasteiger partial charge in [-0.25, -0.2) is 0 Å². The van der Waals surface area contributed by atoms with Crippen molar-refractivity contribution in [1.29, 1.82) is 0 Å². The number of carbonyl (C=O) groups is 1. The largest absolute Gasteiger partial charge is 0.387 e. The molecule has 0 radical (unpaired) electrons. The van der Waals surface area contributed by atoms with Gasteiger partial charge in [-0.15, -0.1) is 6.42 Å². The maximum Gasteiger partial charge on any atom is 0.245 e. The van der Waals surface area contributed by atoms with E-state index in [0.717, 1.165) is 11.1 Å². The van der Waals surface area contributed by atoms with Gasteiger partial charge in [0.1, 0.15) is 6.61 Å². The topological polar surface area (TPSA) is 49.3 Å². The lowest BCUT2D eigenvalue weighted by atomic mass is 10.1. The number of hydrogen-bond acceptors (Lipinski definition) is 2. The van der Waals surface area contributed by atoms with Crippen LogP contribution in [0.25, 0.3) is 0 Å². The minimum atomic E-state index is -0.484. The molecule has 0 spiro atoms. The van der Waals surface area contributed by atoms with Gasteiger partial charge in [-0.3, -0.25) is 4.79 Å². The van der Waals surface area contributed by atoms with E-state index in [-0.39, 0.29) is 5.91 Å². The zero-order chi connectivity index (χ0) is 10.4. The van der Waals surface area contributed by atoms with Crippen molar-refractivity contribution < 1.29 is 9.90 Å². The Hall–Kier alpha value is -1.79. The van der Waals surface area contributed by atoms with Crippen LogP contribution in [0.15, 0.2) is 24.3 Å². The second-order valence-electron chi connectivity index (χ2n) is 2.78. The third-order valence-corrected chi connectivity index (χ3v) is 1.75. The van der Waals surface area contributed by atoms with Crippen LogP contribution in [0.4, 0.5) is 0 Å². The number of aliphatic hydroxyl groups is 1. The molecule has 0 unspecified atom stereocenters. The third-order valence-electron chi connectivity index (χ3n) is 1.75. The summed E-state index contributed by atoms with van der Waals surface area (Å²) in [5, 5.41) is 11.0. The first-order valence-electron chi connectivity index (χ1n) is 4.19. The molecule has 0 aliphatic carbocycles. The highest BCUT2D eigenvalue weighted by atomic mass is 16.3. The third kappa shape index (κ3) is 2.92. The predicted molar refractivity (Wildman–Crippen MR) is 53.3 cm³/mol. The van der Waals surface area contributed by atoms with Gasteiger partial charge >= 0.3 is 0 Å². The minimum absolute atomic E-state index is 0.383. The molecule has 3 heteroatoms. The van der Waals surface area contributed by atoms with E-state index >= 15 is 0 Å². The molecular formula is C11H11NO2. The lowest BCUT2D eigenvalue weighted by Gasteiger charge is -2.02. The Bertz CT molecular complexity index is 349. The van der Waals surface area contributed by atoms with Crippen molar-refractivity contribution in [3.8, 4) is 12.3 Å². The summed E-state index contributed by atoms with van der Waals surface area (Å²) in [5.74, 6) is 2.12. The van der Waals surface area contributed by atoms with Gasteiger partial charge in [0, 0.05) is 12.1 Å². The van der Waals surface area contributed by atoms with E-state index in [0.29, 0.717) is 6.54 Å². The summed E-state index contributed by atoms with van der Waals surface area (Å²) in [6, 6.07) is 7.29. The number of rotatable bonds is 3. The second-order valence-corrected chi connectivity index (χ2v) is 2.78. The summed E-state index contributed by atoms with van der Waals surface area (Å²) >= 11 is 0. The first-order valence-corrected chi connectivity index (χ1v) is 4.19. The summed E-state index contributed by atoms with van der Waals surface area (Å²) in [7, 11) is 0. The van der Waals surface area contributed by atoms with Gasteiger partial charge in [0.2, 0.25) is 5.91 Å². The summed E-state index contributed by atoms with van der Waals surface area (Å²) in [6.45, 7) is -0.0767. The molecule has 72 valence electrons. The van der Waals surface area contributed by atoms with Gasteiger partial charge in [-0.1, -0.05) is 18.1 Å². The molecule has 0 aliphatic rings. The molecule has 0 aliphatic heterocycles. The smallest absolute Gasteiger partial charge is 0.245 e. The Balaban J connectivity index is 2.53. The Morgan fingerprint density at radius 2 is 2.07 bits per heavy atom. The molecule has 0 aromatic heterocycles. The molecular weight excluding hydrogens is 178 g/mol. The second kappa shape index (κ2) is 5.05. The normalized spacial score (nSPS) is 9.14. The average molecular weight is 189 g/mol. The van der Waals surface area contributed by atoms with E-state index in [1.54, 1.807) is 12.1 Å². The Morgan fingerprint density at radius 3 is 2.57 bits per heavy atom. The van der Waals surface area contributed by atoms with Crippen LogP contribution < -0.4 is 5.32 Å². The van der Waals surface area contributed by atoms with Crippen molar-refractivity contribution in [2.45, 2.75) is 6.54 Å². The molecule has 1 aromatic carbocycles. The molecule has 0 bridgehead atoms. The molecule has 0 fully saturated rings. The molecule has 0 heterocycles. The van der Waals surface area contributed by atoms with E-state index in [4.69, 9.17) is 11.5 Å². The fourth-order valence-corrected chi connectivity index (χ4v) is 0.975. The summed E-state index contributed by atoms with van der Waals surface area (Å²) < 4.78 is 0. The van der Waals surface area contributed by atoms with Crippen LogP contribution in [0.3, 0.4) is 0 Å². The van der Waals surface area contributed by atoms with Crippen molar-refractivity contribution >= 4 is 5.91 Å². The average Bonchev–Trinajstić information content (AvgIpc) is 2.26. The highest BCUT2D eigenvalue weighted by Crippen LogP contribution is 2.02. The lowest BCUT2D eigenvalue weighted by Crippen LogP contribution is -2.25. The number of benzene rings is 1. The van der Waals surface area contributed by atoms with Crippen molar-refractivity contribution in [3.05, 3.63) is 35.4 Å². The monoisotopic (exact) mass is 189 g/mol. The van der Waals surface area contributed by atoms with Crippen molar-refractivity contribution in [3.63, 3.8) is 0 Å². The van der Waals surface area contributed by atoms with Gasteiger partial charge in [0.05, 0.1) is 0 Å². The fraction of sp³-hybridized carbons (Fsp3) is 0.182. The number of aliphatic hydroxyl groups excluding tert-OH is 1. The molecule has 0 atom stereocenters. The quantitative estimate of drug-likeness (QED) is 0.671. The molecule has 2 N–H and O–H groups in total. The van der Waals surface area contributed by atoms with Crippen molar-refractivity contribution in [2.75, 3.05) is 6.61 Å². The number of nitrogens with one attached hydrogen (secondary N) is 1. The molecule has 1 aromatic rings. The van der Waals surface area contributed by atoms with E-state index in [9.17, 15) is 4.79 Å². The van der Waals surface area contributed by atoms with Crippen molar-refractivity contribution in [2.24, 2.45) is 0 Å². The zero-order valence-electron chi connectivity index (χ0n) is 7.66. The van der Waals surface area contributed by atoms with E-state index in [1.165, 1.54) is 0 Å².